The summed E-state index contributed by atoms with van der Waals surface area (Å²) in [7, 11) is 0. The fourth-order valence-corrected chi connectivity index (χ4v) is 3.12. The molecule has 4 aromatic rings. The number of aromatic nitrogens is 2. The number of nitrogens with one attached hydrogen (secondary N) is 1. The molecule has 0 spiro atoms. The first kappa shape index (κ1) is 18.9. The van der Waals surface area contributed by atoms with E-state index >= 15 is 0 Å². The topological polar surface area (TPSA) is 47.1 Å². The molecule has 29 heavy (non-hydrogen) atoms. The van der Waals surface area contributed by atoms with Gasteiger partial charge in [0.25, 0.3) is 0 Å². The Morgan fingerprint density at radius 1 is 0.931 bits per heavy atom. The number of benzene rings is 2. The molecule has 1 N–H and O–H groups in total. The number of para-hydroxylation sites is 1. The number of hydrogen-bond acceptors (Lipinski definition) is 3. The average Bonchev–Trinajstić information content (AvgIpc) is 3.11. The summed E-state index contributed by atoms with van der Waals surface area (Å²) in [5, 5.41) is 1.02. The van der Waals surface area contributed by atoms with Crippen molar-refractivity contribution in [3.8, 4) is 22.8 Å². The molecular formula is C22H17F3N2O2. The fraction of sp³-hybridized carbons (Fsp3) is 0.136. The van der Waals surface area contributed by atoms with Crippen molar-refractivity contribution >= 4 is 10.9 Å². The van der Waals surface area contributed by atoms with Crippen molar-refractivity contribution in [1.29, 1.82) is 0 Å². The van der Waals surface area contributed by atoms with E-state index in [1.54, 1.807) is 24.4 Å². The molecule has 4 nitrogen and oxygen atoms in total. The van der Waals surface area contributed by atoms with Crippen LogP contribution in [0, 0.1) is 0 Å². The predicted octanol–water partition coefficient (Wildman–Crippen LogP) is 5.75. The van der Waals surface area contributed by atoms with E-state index in [9.17, 15) is 13.2 Å². The Morgan fingerprint density at radius 2 is 1.76 bits per heavy atom. The highest BCUT2D eigenvalue weighted by atomic mass is 19.4. The van der Waals surface area contributed by atoms with Gasteiger partial charge in [-0.05, 0) is 29.8 Å². The number of alkyl halides is 3. The lowest BCUT2D eigenvalue weighted by atomic mass is 10.0. The third kappa shape index (κ3) is 4.68. The lowest BCUT2D eigenvalue weighted by molar-refractivity contribution is -0.274. The van der Waals surface area contributed by atoms with E-state index in [1.165, 1.54) is 12.1 Å². The van der Waals surface area contributed by atoms with Crippen LogP contribution in [0.3, 0.4) is 0 Å². The number of H-pyrrole nitrogens is 1. The maximum absolute atomic E-state index is 12.3. The number of hydrogen-bond donors (Lipinski definition) is 1. The molecule has 0 amide bonds. The third-order valence-electron chi connectivity index (χ3n) is 4.37. The van der Waals surface area contributed by atoms with Gasteiger partial charge >= 0.3 is 6.36 Å². The Labute approximate surface area is 164 Å². The molecule has 2 heterocycles. The van der Waals surface area contributed by atoms with Gasteiger partial charge in [-0.25, -0.2) is 4.98 Å². The van der Waals surface area contributed by atoms with Crippen LogP contribution < -0.4 is 9.47 Å². The largest absolute Gasteiger partial charge is 0.573 e. The summed E-state index contributed by atoms with van der Waals surface area (Å²) in [4.78, 5) is 7.51. The first-order valence-electron chi connectivity index (χ1n) is 8.98. The summed E-state index contributed by atoms with van der Waals surface area (Å²) in [6.07, 6.45) is -2.36. The second kappa shape index (κ2) is 7.87. The van der Waals surface area contributed by atoms with Crippen LogP contribution in [-0.4, -0.2) is 22.9 Å². The molecule has 7 heteroatoms. The van der Waals surface area contributed by atoms with Crippen LogP contribution in [-0.2, 0) is 6.42 Å². The van der Waals surface area contributed by atoms with Crippen LogP contribution in [0.4, 0.5) is 13.2 Å². The first-order valence-corrected chi connectivity index (χ1v) is 8.98. The van der Waals surface area contributed by atoms with Gasteiger partial charge in [0.1, 0.15) is 5.75 Å². The van der Waals surface area contributed by atoms with E-state index in [0.717, 1.165) is 27.7 Å². The molecule has 2 aromatic carbocycles. The molecule has 0 bridgehead atoms. The fourth-order valence-electron chi connectivity index (χ4n) is 3.12. The smallest absolute Gasteiger partial charge is 0.477 e. The van der Waals surface area contributed by atoms with E-state index in [0.29, 0.717) is 18.9 Å². The highest BCUT2D eigenvalue weighted by Gasteiger charge is 2.31. The molecule has 0 unspecified atom stereocenters. The maximum Gasteiger partial charge on any atom is 0.573 e. The van der Waals surface area contributed by atoms with Gasteiger partial charge < -0.3 is 14.5 Å². The minimum atomic E-state index is -4.70. The number of aromatic amines is 1. The Bertz CT molecular complexity index is 1090. The van der Waals surface area contributed by atoms with Crippen LogP contribution in [0.1, 0.15) is 5.69 Å². The highest BCUT2D eigenvalue weighted by Crippen LogP contribution is 2.31. The number of pyridine rings is 1. The molecule has 2 aromatic heterocycles. The Balaban J connectivity index is 1.52. The Morgan fingerprint density at radius 3 is 2.48 bits per heavy atom. The van der Waals surface area contributed by atoms with Crippen molar-refractivity contribution < 1.29 is 22.6 Å². The van der Waals surface area contributed by atoms with E-state index in [2.05, 4.69) is 14.7 Å². The molecule has 0 saturated carbocycles. The minimum absolute atomic E-state index is 0.243. The molecular weight excluding hydrogens is 381 g/mol. The van der Waals surface area contributed by atoms with Gasteiger partial charge in [0.15, 0.2) is 0 Å². The summed E-state index contributed by atoms with van der Waals surface area (Å²) in [5.41, 5.74) is 3.62. The summed E-state index contributed by atoms with van der Waals surface area (Å²) in [6.45, 7) is 0.475. The van der Waals surface area contributed by atoms with Gasteiger partial charge in [-0.15, -0.1) is 13.2 Å². The van der Waals surface area contributed by atoms with Gasteiger partial charge in [0.2, 0.25) is 5.88 Å². The zero-order valence-electron chi connectivity index (χ0n) is 15.2. The minimum Gasteiger partial charge on any atom is -0.477 e. The van der Waals surface area contributed by atoms with Crippen molar-refractivity contribution in [2.45, 2.75) is 12.8 Å². The first-order chi connectivity index (χ1) is 14.0. The summed E-state index contributed by atoms with van der Waals surface area (Å²) in [5.74, 6) is 0.331. The molecule has 0 aliphatic carbocycles. The zero-order valence-corrected chi connectivity index (χ0v) is 15.2. The molecule has 0 saturated heterocycles. The van der Waals surface area contributed by atoms with Crippen molar-refractivity contribution in [1.82, 2.24) is 9.97 Å². The van der Waals surface area contributed by atoms with Crippen LogP contribution in [0.15, 0.2) is 72.9 Å². The second-order valence-corrected chi connectivity index (χ2v) is 6.40. The molecule has 0 aliphatic heterocycles. The van der Waals surface area contributed by atoms with E-state index < -0.39 is 6.36 Å². The molecule has 4 rings (SSSR count). The summed E-state index contributed by atoms with van der Waals surface area (Å²) in [6, 6.07) is 19.2. The SMILES string of the molecule is FC(F)(F)Oc1ccc(-c2cccc3cc(CCOc4ccccn4)[nH]c23)cc1. The normalized spacial score (nSPS) is 11.6. The predicted molar refractivity (Wildman–Crippen MR) is 104 cm³/mol. The molecule has 148 valence electrons. The monoisotopic (exact) mass is 398 g/mol. The molecule has 0 fully saturated rings. The quantitative estimate of drug-likeness (QED) is 0.450. The van der Waals surface area contributed by atoms with Crippen LogP contribution in [0.2, 0.25) is 0 Å². The van der Waals surface area contributed by atoms with Crippen molar-refractivity contribution in [2.24, 2.45) is 0 Å². The maximum atomic E-state index is 12.3. The summed E-state index contributed by atoms with van der Waals surface area (Å²) < 4.78 is 46.6. The number of ether oxygens (including phenoxy) is 2. The van der Waals surface area contributed by atoms with Gasteiger partial charge in [0, 0.05) is 35.3 Å². The van der Waals surface area contributed by atoms with Crippen molar-refractivity contribution in [2.75, 3.05) is 6.61 Å². The Kier molecular flexibility index (Phi) is 5.12. The highest BCUT2D eigenvalue weighted by molar-refractivity contribution is 5.94. The number of halogens is 3. The Hall–Kier alpha value is -3.48. The van der Waals surface area contributed by atoms with Gasteiger partial charge in [0.05, 0.1) is 12.1 Å². The van der Waals surface area contributed by atoms with E-state index in [1.807, 2.05) is 36.4 Å². The number of nitrogens with zero attached hydrogens (tertiary/aromatic N) is 1. The van der Waals surface area contributed by atoms with Crippen molar-refractivity contribution in [3.63, 3.8) is 0 Å². The lowest BCUT2D eigenvalue weighted by Gasteiger charge is -2.10. The zero-order chi connectivity index (χ0) is 20.3. The third-order valence-corrected chi connectivity index (χ3v) is 4.37. The van der Waals surface area contributed by atoms with E-state index in [-0.39, 0.29) is 5.75 Å². The number of fused-ring (bicyclic) bond motifs is 1. The van der Waals surface area contributed by atoms with Crippen LogP contribution in [0.5, 0.6) is 11.6 Å². The van der Waals surface area contributed by atoms with E-state index in [4.69, 9.17) is 4.74 Å². The average molecular weight is 398 g/mol. The molecule has 0 aliphatic rings. The summed E-state index contributed by atoms with van der Waals surface area (Å²) >= 11 is 0. The number of rotatable bonds is 6. The molecule has 0 atom stereocenters. The van der Waals surface area contributed by atoms with Crippen molar-refractivity contribution in [3.05, 3.63) is 78.6 Å². The van der Waals surface area contributed by atoms with Gasteiger partial charge in [-0.1, -0.05) is 36.4 Å². The standard InChI is InChI=1S/C22H17F3N2O2/c23-22(24,25)29-18-9-7-15(8-10-18)19-5-3-4-16-14-17(27-21(16)19)11-13-28-20-6-1-2-12-26-20/h1-10,12,14,27H,11,13H2. The van der Waals surface area contributed by atoms with Gasteiger partial charge in [-0.3, -0.25) is 0 Å². The van der Waals surface area contributed by atoms with Crippen LogP contribution >= 0.6 is 0 Å². The van der Waals surface area contributed by atoms with Gasteiger partial charge in [-0.2, -0.15) is 0 Å². The molecule has 0 radical (unpaired) electrons. The lowest BCUT2D eigenvalue weighted by Crippen LogP contribution is -2.16. The second-order valence-electron chi connectivity index (χ2n) is 6.40. The van der Waals surface area contributed by atoms with Crippen LogP contribution in [0.25, 0.3) is 22.0 Å².